The van der Waals surface area contributed by atoms with E-state index in [1.807, 2.05) is 12.1 Å². The molecule has 1 spiro atoms. The highest BCUT2D eigenvalue weighted by Gasteiger charge is 2.52. The summed E-state index contributed by atoms with van der Waals surface area (Å²) in [6.07, 6.45) is 4.26. The molecule has 8 heteroatoms. The van der Waals surface area contributed by atoms with Gasteiger partial charge in [0.1, 0.15) is 6.04 Å². The van der Waals surface area contributed by atoms with Gasteiger partial charge in [0.15, 0.2) is 0 Å². The van der Waals surface area contributed by atoms with Gasteiger partial charge in [-0.25, -0.2) is 0 Å². The van der Waals surface area contributed by atoms with Gasteiger partial charge in [-0.1, -0.05) is 0 Å². The number of hydrogen-bond acceptors (Lipinski definition) is 6. The first kappa shape index (κ1) is 18.3. The van der Waals surface area contributed by atoms with Crippen molar-refractivity contribution in [3.8, 4) is 6.07 Å². The van der Waals surface area contributed by atoms with Crippen LogP contribution in [-0.2, 0) is 4.79 Å². The monoisotopic (exact) mass is 407 g/mol. The van der Waals surface area contributed by atoms with Crippen LogP contribution in [-0.4, -0.2) is 59.0 Å². The Morgan fingerprint density at radius 1 is 1.31 bits per heavy atom. The number of rotatable bonds is 4. The van der Waals surface area contributed by atoms with Gasteiger partial charge in [-0.2, -0.15) is 5.26 Å². The number of carbonyl (C=O) groups excluding carboxylic acids is 2. The van der Waals surface area contributed by atoms with E-state index in [1.165, 1.54) is 17.7 Å². The van der Waals surface area contributed by atoms with Crippen molar-refractivity contribution in [2.24, 2.45) is 5.41 Å². The lowest BCUT2D eigenvalue weighted by molar-refractivity contribution is -0.129. The average molecular weight is 407 g/mol. The van der Waals surface area contributed by atoms with Gasteiger partial charge in [-0.05, 0) is 37.1 Å². The molecule has 3 heterocycles. The summed E-state index contributed by atoms with van der Waals surface area (Å²) < 4.78 is 0. The number of benzene rings is 1. The highest BCUT2D eigenvalue weighted by atomic mass is 32.2. The highest BCUT2D eigenvalue weighted by molar-refractivity contribution is 7.99. The fourth-order valence-corrected chi connectivity index (χ4v) is 5.22. The molecule has 1 N–H and O–H groups in total. The van der Waals surface area contributed by atoms with E-state index in [0.29, 0.717) is 22.6 Å². The maximum atomic E-state index is 12.8. The number of thioether (sulfide) groups is 1. The van der Waals surface area contributed by atoms with Gasteiger partial charge in [0, 0.05) is 41.5 Å². The van der Waals surface area contributed by atoms with Crippen LogP contribution in [0.4, 0.5) is 5.69 Å². The van der Waals surface area contributed by atoms with Crippen molar-refractivity contribution in [3.63, 3.8) is 0 Å². The smallest absolute Gasteiger partial charge is 0.252 e. The summed E-state index contributed by atoms with van der Waals surface area (Å²) in [4.78, 5) is 33.5. The molecule has 3 fully saturated rings. The molecule has 0 bridgehead atoms. The van der Waals surface area contributed by atoms with E-state index in [4.69, 9.17) is 5.26 Å². The van der Waals surface area contributed by atoms with Gasteiger partial charge in [0.2, 0.25) is 5.91 Å². The Labute approximate surface area is 173 Å². The largest absolute Gasteiger partial charge is 0.370 e. The molecule has 1 aromatic heterocycles. The number of nitrogens with one attached hydrogen (secondary N) is 1. The van der Waals surface area contributed by atoms with Crippen molar-refractivity contribution in [1.82, 2.24) is 15.2 Å². The minimum absolute atomic E-state index is 0.115. The molecule has 2 amide bonds. The lowest BCUT2D eigenvalue weighted by atomic mass is 9.95. The number of amides is 2. The van der Waals surface area contributed by atoms with Crippen LogP contribution >= 0.6 is 11.8 Å². The highest BCUT2D eigenvalue weighted by Crippen LogP contribution is 2.54. The van der Waals surface area contributed by atoms with Crippen LogP contribution in [0.5, 0.6) is 0 Å². The van der Waals surface area contributed by atoms with Gasteiger partial charge in [-0.3, -0.25) is 14.6 Å². The predicted octanol–water partition coefficient (Wildman–Crippen LogP) is 1.99. The molecule has 1 aromatic carbocycles. The second-order valence-electron chi connectivity index (χ2n) is 8.11. The van der Waals surface area contributed by atoms with Crippen molar-refractivity contribution in [2.45, 2.75) is 18.9 Å². The van der Waals surface area contributed by atoms with Gasteiger partial charge >= 0.3 is 0 Å². The fourth-order valence-electron chi connectivity index (χ4n) is 4.12. The zero-order valence-corrected chi connectivity index (χ0v) is 16.7. The van der Waals surface area contributed by atoms with Crippen LogP contribution in [0.1, 0.15) is 23.2 Å². The number of carbonyl (C=O) groups is 2. The first-order valence-electron chi connectivity index (χ1n) is 9.77. The third kappa shape index (κ3) is 3.29. The first-order chi connectivity index (χ1) is 14.1. The zero-order chi connectivity index (χ0) is 20.0. The van der Waals surface area contributed by atoms with Crippen LogP contribution in [0.15, 0.2) is 30.5 Å². The van der Waals surface area contributed by atoms with E-state index in [9.17, 15) is 9.59 Å². The molecule has 2 aliphatic heterocycles. The molecule has 148 valence electrons. The van der Waals surface area contributed by atoms with E-state index in [-0.39, 0.29) is 18.4 Å². The molecular weight excluding hydrogens is 386 g/mol. The van der Waals surface area contributed by atoms with Crippen molar-refractivity contribution < 1.29 is 9.59 Å². The molecule has 29 heavy (non-hydrogen) atoms. The predicted molar refractivity (Wildman–Crippen MR) is 112 cm³/mol. The second-order valence-corrected chi connectivity index (χ2v) is 9.11. The van der Waals surface area contributed by atoms with Crippen LogP contribution in [0.2, 0.25) is 0 Å². The number of aromatic nitrogens is 1. The number of fused-ring (bicyclic) bond motifs is 1. The minimum atomic E-state index is -0.417. The maximum Gasteiger partial charge on any atom is 0.252 e. The molecule has 1 atom stereocenters. The summed E-state index contributed by atoms with van der Waals surface area (Å²) in [5, 5.41) is 12.6. The van der Waals surface area contributed by atoms with Crippen molar-refractivity contribution in [1.29, 1.82) is 5.26 Å². The van der Waals surface area contributed by atoms with Crippen LogP contribution < -0.4 is 10.2 Å². The average Bonchev–Trinajstić information content (AvgIpc) is 3.39. The number of nitriles is 1. The van der Waals surface area contributed by atoms with Gasteiger partial charge in [0.05, 0.1) is 29.6 Å². The van der Waals surface area contributed by atoms with Crippen molar-refractivity contribution in [2.75, 3.05) is 36.2 Å². The summed E-state index contributed by atoms with van der Waals surface area (Å²) in [6, 6.07) is 9.44. The van der Waals surface area contributed by atoms with E-state index in [1.54, 1.807) is 24.0 Å². The zero-order valence-electron chi connectivity index (χ0n) is 15.9. The van der Waals surface area contributed by atoms with Crippen molar-refractivity contribution in [3.05, 3.63) is 36.0 Å². The van der Waals surface area contributed by atoms with E-state index >= 15 is 0 Å². The Morgan fingerprint density at radius 3 is 2.90 bits per heavy atom. The molecule has 5 rings (SSSR count). The van der Waals surface area contributed by atoms with Gasteiger partial charge < -0.3 is 15.1 Å². The molecule has 0 radical (unpaired) electrons. The van der Waals surface area contributed by atoms with E-state index < -0.39 is 6.04 Å². The van der Waals surface area contributed by atoms with Crippen LogP contribution in [0.3, 0.4) is 0 Å². The quantitative estimate of drug-likeness (QED) is 0.834. The Kier molecular flexibility index (Phi) is 4.36. The third-order valence-corrected chi connectivity index (χ3v) is 7.11. The number of pyridine rings is 1. The number of anilines is 1. The third-order valence-electron chi connectivity index (χ3n) is 6.10. The molecule has 1 aliphatic carbocycles. The lowest BCUT2D eigenvalue weighted by Crippen LogP contribution is -2.48. The second kappa shape index (κ2) is 6.92. The Hall–Kier alpha value is -2.79. The first-order valence-corrected chi connectivity index (χ1v) is 10.9. The molecule has 2 saturated heterocycles. The molecule has 3 aliphatic rings. The van der Waals surface area contributed by atoms with Gasteiger partial charge in [0.25, 0.3) is 5.91 Å². The normalized spacial score (nSPS) is 21.7. The Balaban J connectivity index is 1.31. The minimum Gasteiger partial charge on any atom is -0.370 e. The molecular formula is C21H21N5O2S. The number of hydrogen-bond donors (Lipinski definition) is 1. The number of nitrogens with zero attached hydrogens (tertiary/aromatic N) is 4. The lowest BCUT2D eigenvalue weighted by Gasteiger charge is -2.42. The standard InChI is InChI=1S/C21H21N5O2S/c22-8-15-10-29-13-26(15)19(27)9-24-20(28)16-3-6-23-18-2-1-14(7-17(16)18)25-11-21(12-25)4-5-21/h1-3,6-7,15H,4-5,9-13H2,(H,24,28). The Bertz CT molecular complexity index is 1040. The summed E-state index contributed by atoms with van der Waals surface area (Å²) >= 11 is 1.55. The van der Waals surface area contributed by atoms with Crippen molar-refractivity contribution >= 4 is 40.2 Å². The van der Waals surface area contributed by atoms with Crippen LogP contribution in [0.25, 0.3) is 10.9 Å². The molecule has 1 saturated carbocycles. The summed E-state index contributed by atoms with van der Waals surface area (Å²) in [6.45, 7) is 2.06. The molecule has 7 nitrogen and oxygen atoms in total. The molecule has 1 unspecified atom stereocenters. The van der Waals surface area contributed by atoms with E-state index in [2.05, 4.69) is 27.3 Å². The summed E-state index contributed by atoms with van der Waals surface area (Å²) in [7, 11) is 0. The van der Waals surface area contributed by atoms with Gasteiger partial charge in [-0.15, -0.1) is 11.8 Å². The Morgan fingerprint density at radius 2 is 2.14 bits per heavy atom. The van der Waals surface area contributed by atoms with E-state index in [0.717, 1.165) is 29.7 Å². The fraction of sp³-hybridized carbons (Fsp3) is 0.429. The summed E-state index contributed by atoms with van der Waals surface area (Å²) in [5.41, 5.74) is 2.94. The van der Waals surface area contributed by atoms with Crippen LogP contribution in [0, 0.1) is 16.7 Å². The SMILES string of the molecule is N#CC1CSCN1C(=O)CNC(=O)c1ccnc2ccc(N3CC4(CC4)C3)cc12. The summed E-state index contributed by atoms with van der Waals surface area (Å²) in [5.74, 6) is 0.576. The maximum absolute atomic E-state index is 12.8. The topological polar surface area (TPSA) is 89.3 Å². The molecule has 2 aromatic rings.